The molecule has 0 fully saturated rings. The largest absolute Gasteiger partial charge is 0.317 e. The Balaban J connectivity index is 0. The van der Waals surface area contributed by atoms with Crippen LogP contribution in [-0.4, -0.2) is 46.9 Å². The van der Waals surface area contributed by atoms with Crippen molar-refractivity contribution < 1.29 is 0 Å². The van der Waals surface area contributed by atoms with Crippen LogP contribution in [0.15, 0.2) is 0 Å². The van der Waals surface area contributed by atoms with Crippen LogP contribution in [0.1, 0.15) is 0 Å². The Hall–Kier alpha value is 4.71. The molecule has 0 spiro atoms. The monoisotopic (exact) mass is 674 g/mol. The minimum Gasteiger partial charge on any atom is -0.0791 e. The third-order valence-electron chi connectivity index (χ3n) is 0. The minimum atomic E-state index is -0.731. The van der Waals surface area contributed by atoms with E-state index in [1.165, 1.54) is 0 Å². The van der Waals surface area contributed by atoms with Crippen molar-refractivity contribution >= 4 is 134 Å². The van der Waals surface area contributed by atoms with Crippen LogP contribution in [0.25, 0.3) is 0 Å². The molecule has 2 radical (unpaired) electrons. The molecule has 0 atom stereocenters. The molecular formula is BaI4Si. The van der Waals surface area contributed by atoms with E-state index in [0.717, 1.165) is 0 Å². The van der Waals surface area contributed by atoms with Crippen LogP contribution < -0.4 is 0 Å². The van der Waals surface area contributed by atoms with Gasteiger partial charge in [0.15, 0.2) is 0 Å². The van der Waals surface area contributed by atoms with Crippen LogP contribution in [0.4, 0.5) is 0 Å². The zero-order valence-corrected chi connectivity index (χ0v) is 16.8. The molecule has 0 nitrogen and oxygen atoms in total. The molecular weight excluding hydrogens is 673 g/mol. The van der Waals surface area contributed by atoms with Crippen LogP contribution in [0, 0.1) is 0 Å². The maximum Gasteiger partial charge on any atom is 0.317 e. The second kappa shape index (κ2) is 6.42. The van der Waals surface area contributed by atoms with Gasteiger partial charge in [0.05, 0.1) is 0 Å². The van der Waals surface area contributed by atoms with Gasteiger partial charge in [0.25, 0.3) is 0 Å². The first-order valence-corrected chi connectivity index (χ1v) is 15.2. The van der Waals surface area contributed by atoms with Crippen LogP contribution >= 0.6 is 87.2 Å². The van der Waals surface area contributed by atoms with Gasteiger partial charge in [0.2, 0.25) is 0 Å². The standard InChI is InChI=1S/Ba.I4Si/c;1-5(2,3)4. The fourth-order valence-electron chi connectivity index (χ4n) is 0. The Bertz CT molecular complexity index is 23.0. The Labute approximate surface area is 130 Å². The van der Waals surface area contributed by atoms with Gasteiger partial charge in [0.1, 0.15) is 0 Å². The van der Waals surface area contributed by atoms with E-state index in [4.69, 9.17) is 0 Å². The maximum atomic E-state index is 2.48. The summed E-state index contributed by atoms with van der Waals surface area (Å²) in [4.78, 5) is 0. The molecule has 0 N–H and O–H groups in total. The van der Waals surface area contributed by atoms with E-state index < -0.39 is -1.94 Å². The minimum absolute atomic E-state index is 0. The van der Waals surface area contributed by atoms with E-state index in [1.807, 2.05) is 0 Å². The summed E-state index contributed by atoms with van der Waals surface area (Å²) in [5.41, 5.74) is 0. The SMILES string of the molecule is I[Si](I)(I)I.[Ba]. The molecule has 6 heteroatoms. The molecule has 0 aliphatic heterocycles. The molecule has 0 aliphatic rings. The molecule has 0 aromatic heterocycles. The summed E-state index contributed by atoms with van der Waals surface area (Å²) in [7, 11) is 0. The Morgan fingerprint density at radius 3 is 0.833 bits per heavy atom. The molecule has 0 aromatic carbocycles. The third kappa shape index (κ3) is 23.3. The van der Waals surface area contributed by atoms with Gasteiger partial charge in [-0.05, 0) is 0 Å². The fraction of sp³-hybridized carbons (Fsp3) is 0. The number of hydrogen-bond acceptors (Lipinski definition) is 0. The quantitative estimate of drug-likeness (QED) is 0.211. The second-order valence-electron chi connectivity index (χ2n) is 0.429. The first kappa shape index (κ1) is 13.3. The zero-order valence-electron chi connectivity index (χ0n) is 2.72. The van der Waals surface area contributed by atoms with E-state index >= 15 is 0 Å². The summed E-state index contributed by atoms with van der Waals surface area (Å²) in [5.74, 6) is 0. The van der Waals surface area contributed by atoms with Crippen molar-refractivity contribution in [1.82, 2.24) is 0 Å². The number of rotatable bonds is 0. The zero-order chi connectivity index (χ0) is 4.50. The maximum absolute atomic E-state index is 2.48. The van der Waals surface area contributed by atoms with Crippen LogP contribution in [0.5, 0.6) is 0 Å². The Morgan fingerprint density at radius 1 is 0.833 bits per heavy atom. The Kier molecular flexibility index (Phi) is 14.2. The molecule has 34 valence electrons. The third-order valence-corrected chi connectivity index (χ3v) is 0. The van der Waals surface area contributed by atoms with Crippen LogP contribution in [0.2, 0.25) is 0 Å². The predicted molar refractivity (Wildman–Crippen MR) is 67.6 cm³/mol. The summed E-state index contributed by atoms with van der Waals surface area (Å²) in [6, 6.07) is 0. The first-order chi connectivity index (χ1) is 2.00. The average Bonchev–Trinajstić information content (AvgIpc) is 0.722. The van der Waals surface area contributed by atoms with Crippen molar-refractivity contribution in [2.24, 2.45) is 0 Å². The van der Waals surface area contributed by atoms with Gasteiger partial charge in [-0.2, -0.15) is 0 Å². The van der Waals surface area contributed by atoms with E-state index in [9.17, 15) is 0 Å². The van der Waals surface area contributed by atoms with E-state index in [-0.39, 0.29) is 48.9 Å². The summed E-state index contributed by atoms with van der Waals surface area (Å²) >= 11 is 9.91. The van der Waals surface area contributed by atoms with E-state index in [0.29, 0.717) is 0 Å². The molecule has 0 aromatic rings. The van der Waals surface area contributed by atoms with Crippen molar-refractivity contribution in [3.8, 4) is 0 Å². The molecule has 0 amide bonds. The van der Waals surface area contributed by atoms with Crippen LogP contribution in [-0.2, 0) is 0 Å². The smallest absolute Gasteiger partial charge is 0.0791 e. The van der Waals surface area contributed by atoms with Crippen molar-refractivity contribution in [2.75, 3.05) is 0 Å². The first-order valence-electron chi connectivity index (χ1n) is 0.756. The summed E-state index contributed by atoms with van der Waals surface area (Å²) in [6.07, 6.45) is 0. The molecule has 0 saturated heterocycles. The normalized spacial score (nSPS) is 10.0. The predicted octanol–water partition coefficient (Wildman–Crippen LogP) is 2.78. The molecule has 0 unspecified atom stereocenters. The number of halogens is 4. The van der Waals surface area contributed by atoms with Crippen molar-refractivity contribution in [3.63, 3.8) is 0 Å². The summed E-state index contributed by atoms with van der Waals surface area (Å²) in [5, 5.41) is 0. The summed E-state index contributed by atoms with van der Waals surface area (Å²) < 4.78 is -0.731. The van der Waals surface area contributed by atoms with Gasteiger partial charge in [0, 0.05) is 48.9 Å². The average molecular weight is 673 g/mol. The topological polar surface area (TPSA) is 0 Å². The van der Waals surface area contributed by atoms with Crippen molar-refractivity contribution in [1.29, 1.82) is 0 Å². The number of hydrogen-bond donors (Lipinski definition) is 0. The van der Waals surface area contributed by atoms with Gasteiger partial charge in [-0.15, -0.1) is 0 Å². The van der Waals surface area contributed by atoms with Crippen molar-refractivity contribution in [2.45, 2.75) is 0 Å². The molecule has 0 saturated carbocycles. The van der Waals surface area contributed by atoms with Crippen molar-refractivity contribution in [3.05, 3.63) is 0 Å². The molecule has 0 rings (SSSR count). The van der Waals surface area contributed by atoms with Gasteiger partial charge < -0.3 is 0 Å². The molecule has 0 aliphatic carbocycles. The molecule has 6 heavy (non-hydrogen) atoms. The molecule has 0 heterocycles. The Morgan fingerprint density at radius 2 is 0.833 bits per heavy atom. The van der Waals surface area contributed by atoms with Gasteiger partial charge in [-0.1, -0.05) is 87.2 Å². The van der Waals surface area contributed by atoms with E-state index in [1.54, 1.807) is 0 Å². The van der Waals surface area contributed by atoms with Gasteiger partial charge in [-0.3, -0.25) is 0 Å². The fourth-order valence-corrected chi connectivity index (χ4v) is 0. The van der Waals surface area contributed by atoms with E-state index in [2.05, 4.69) is 87.2 Å². The van der Waals surface area contributed by atoms with Crippen LogP contribution in [0.3, 0.4) is 0 Å². The summed E-state index contributed by atoms with van der Waals surface area (Å²) in [6.45, 7) is 0. The molecule has 0 bridgehead atoms. The van der Waals surface area contributed by atoms with Gasteiger partial charge in [-0.25, -0.2) is 0 Å². The van der Waals surface area contributed by atoms with Gasteiger partial charge >= 0.3 is -1.94 Å². The second-order valence-corrected chi connectivity index (χ2v) is 57.9.